The Morgan fingerprint density at radius 1 is 0.613 bits per heavy atom. The van der Waals surface area contributed by atoms with Crippen LogP contribution in [0.25, 0.3) is 0 Å². The molecule has 2 aromatic carbocycles. The van der Waals surface area contributed by atoms with Crippen molar-refractivity contribution < 1.29 is 40.3 Å². The first kappa shape index (κ1) is 24.7. The lowest BCUT2D eigenvalue weighted by Gasteiger charge is -2.15. The molecule has 9 nitrogen and oxygen atoms in total. The summed E-state index contributed by atoms with van der Waals surface area (Å²) < 4.78 is 70.3. The van der Waals surface area contributed by atoms with Gasteiger partial charge in [-0.25, -0.2) is 9.59 Å². The number of benzene rings is 2. The minimum atomic E-state index is -4.64. The Balaban J connectivity index is 2.57. The van der Waals surface area contributed by atoms with Gasteiger partial charge < -0.3 is 4.74 Å². The Morgan fingerprint density at radius 2 is 0.903 bits per heavy atom. The zero-order valence-corrected chi connectivity index (χ0v) is 19.4. The van der Waals surface area contributed by atoms with E-state index in [4.69, 9.17) is 4.74 Å². The molecule has 11 heteroatoms. The summed E-state index contributed by atoms with van der Waals surface area (Å²) in [6, 6.07) is 1.83. The third kappa shape index (κ3) is 4.69. The first-order chi connectivity index (χ1) is 14.0. The van der Waals surface area contributed by atoms with Crippen LogP contribution in [0.15, 0.2) is 21.9 Å². The second kappa shape index (κ2) is 8.15. The van der Waals surface area contributed by atoms with Crippen LogP contribution in [0.4, 0.5) is 0 Å². The average molecular weight is 471 g/mol. The monoisotopic (exact) mass is 470 g/mol. The first-order valence-electron chi connectivity index (χ1n) is 8.91. The highest BCUT2D eigenvalue weighted by Crippen LogP contribution is 2.28. The zero-order valence-electron chi connectivity index (χ0n) is 17.7. The number of ether oxygens (including phenoxy) is 1. The number of carbonyl (C=O) groups excluding carboxylic acids is 2. The Morgan fingerprint density at radius 3 is 1.16 bits per heavy atom. The van der Waals surface area contributed by atoms with Gasteiger partial charge in [0.1, 0.15) is 0 Å². The standard InChI is InChI=1S/C20H22O9S2/c1-9-11(3)15(7-17(13(9)5)30(23,24)25)19(21)29-20(22)16-8-18(31(26,27)28)14(6)10(2)12(16)4/h7-8H,1-6H3,(H,23,24,25)(H,26,27,28). The predicted molar refractivity (Wildman–Crippen MR) is 111 cm³/mol. The fraction of sp³-hybridized carbons (Fsp3) is 0.300. The van der Waals surface area contributed by atoms with E-state index in [0.29, 0.717) is 22.3 Å². The van der Waals surface area contributed by atoms with E-state index in [1.807, 2.05) is 0 Å². The Kier molecular flexibility index (Phi) is 6.49. The topological polar surface area (TPSA) is 152 Å². The van der Waals surface area contributed by atoms with E-state index in [2.05, 4.69) is 0 Å². The fourth-order valence-electron chi connectivity index (χ4n) is 3.19. The van der Waals surface area contributed by atoms with Crippen LogP contribution in [0.2, 0.25) is 0 Å². The van der Waals surface area contributed by atoms with Crippen molar-refractivity contribution in [3.63, 3.8) is 0 Å². The molecule has 0 aromatic heterocycles. The lowest BCUT2D eigenvalue weighted by molar-refractivity contribution is 0.0396. The van der Waals surface area contributed by atoms with E-state index in [9.17, 15) is 35.5 Å². The van der Waals surface area contributed by atoms with E-state index >= 15 is 0 Å². The molecule has 0 spiro atoms. The summed E-state index contributed by atoms with van der Waals surface area (Å²) in [6.45, 7) is 9.05. The van der Waals surface area contributed by atoms with Crippen LogP contribution in [0.5, 0.6) is 0 Å². The molecule has 0 bridgehead atoms. The van der Waals surface area contributed by atoms with Crippen LogP contribution < -0.4 is 0 Å². The van der Waals surface area contributed by atoms with Gasteiger partial charge in [0.2, 0.25) is 0 Å². The van der Waals surface area contributed by atoms with Crippen LogP contribution in [-0.4, -0.2) is 37.9 Å². The molecule has 0 fully saturated rings. The second-order valence-electron chi connectivity index (χ2n) is 7.22. The molecule has 0 saturated carbocycles. The smallest absolute Gasteiger partial charge is 0.346 e. The summed E-state index contributed by atoms with van der Waals surface area (Å²) in [5.74, 6) is -2.36. The third-order valence-corrected chi connectivity index (χ3v) is 7.49. The van der Waals surface area contributed by atoms with Gasteiger partial charge in [0.15, 0.2) is 0 Å². The number of carbonyl (C=O) groups is 2. The molecule has 2 aromatic rings. The van der Waals surface area contributed by atoms with Crippen molar-refractivity contribution in [2.75, 3.05) is 0 Å². The summed E-state index contributed by atoms with van der Waals surface area (Å²) in [4.78, 5) is 24.3. The van der Waals surface area contributed by atoms with Gasteiger partial charge in [0.05, 0.1) is 20.9 Å². The summed E-state index contributed by atoms with van der Waals surface area (Å²) in [5.41, 5.74) is 1.49. The van der Waals surface area contributed by atoms with Crippen LogP contribution in [-0.2, 0) is 25.0 Å². The highest BCUT2D eigenvalue weighted by molar-refractivity contribution is 7.86. The van der Waals surface area contributed by atoms with Crippen molar-refractivity contribution in [2.45, 2.75) is 51.3 Å². The number of esters is 2. The van der Waals surface area contributed by atoms with Crippen molar-refractivity contribution in [2.24, 2.45) is 0 Å². The molecule has 0 atom stereocenters. The molecule has 0 aliphatic heterocycles. The number of hydrogen-bond acceptors (Lipinski definition) is 7. The van der Waals surface area contributed by atoms with Gasteiger partial charge in [0, 0.05) is 0 Å². The van der Waals surface area contributed by atoms with Gasteiger partial charge in [-0.2, -0.15) is 16.8 Å². The highest BCUT2D eigenvalue weighted by Gasteiger charge is 2.27. The molecule has 0 saturated heterocycles. The molecule has 0 unspecified atom stereocenters. The third-order valence-electron chi connectivity index (χ3n) is 5.53. The molecular formula is C20H22O9S2. The van der Waals surface area contributed by atoms with Crippen molar-refractivity contribution >= 4 is 32.2 Å². The quantitative estimate of drug-likeness (QED) is 0.390. The van der Waals surface area contributed by atoms with Crippen molar-refractivity contribution in [3.8, 4) is 0 Å². The molecule has 2 rings (SSSR count). The SMILES string of the molecule is Cc1c(C(=O)OC(=O)c2cc(S(=O)(=O)O)c(C)c(C)c2C)cc(S(=O)(=O)O)c(C)c1C. The highest BCUT2D eigenvalue weighted by atomic mass is 32.2. The van der Waals surface area contributed by atoms with Gasteiger partial charge >= 0.3 is 11.9 Å². The minimum Gasteiger partial charge on any atom is -0.386 e. The van der Waals surface area contributed by atoms with E-state index < -0.39 is 42.0 Å². The summed E-state index contributed by atoms with van der Waals surface area (Å²) in [7, 11) is -9.27. The molecule has 168 valence electrons. The molecule has 0 heterocycles. The predicted octanol–water partition coefficient (Wildman–Crippen LogP) is 3.03. The number of rotatable bonds is 4. The molecule has 0 amide bonds. The van der Waals surface area contributed by atoms with E-state index in [1.54, 1.807) is 13.8 Å². The minimum absolute atomic E-state index is 0.241. The normalized spacial score (nSPS) is 12.0. The van der Waals surface area contributed by atoms with Crippen LogP contribution >= 0.6 is 0 Å². The maximum Gasteiger partial charge on any atom is 0.346 e. The van der Waals surface area contributed by atoms with E-state index in [1.165, 1.54) is 27.7 Å². The lowest BCUT2D eigenvalue weighted by Crippen LogP contribution is -2.18. The molecule has 0 aliphatic rings. The maximum absolute atomic E-state index is 12.6. The second-order valence-corrected chi connectivity index (χ2v) is 10.0. The maximum atomic E-state index is 12.6. The largest absolute Gasteiger partial charge is 0.386 e. The van der Waals surface area contributed by atoms with Gasteiger partial charge in [0.25, 0.3) is 20.2 Å². The van der Waals surface area contributed by atoms with Gasteiger partial charge in [-0.3, -0.25) is 9.11 Å². The summed E-state index contributed by atoms with van der Waals surface area (Å²) in [5, 5.41) is 0. The van der Waals surface area contributed by atoms with Crippen LogP contribution in [0, 0.1) is 41.5 Å². The molecule has 0 radical (unpaired) electrons. The fourth-order valence-corrected chi connectivity index (χ4v) is 4.80. The van der Waals surface area contributed by atoms with Gasteiger partial charge in [-0.05, 0) is 87.1 Å². The Labute approximate surface area is 180 Å². The summed E-state index contributed by atoms with van der Waals surface area (Å²) >= 11 is 0. The molecule has 31 heavy (non-hydrogen) atoms. The summed E-state index contributed by atoms with van der Waals surface area (Å²) in [6.07, 6.45) is 0. The molecule has 2 N–H and O–H groups in total. The van der Waals surface area contributed by atoms with E-state index in [0.717, 1.165) is 12.1 Å². The van der Waals surface area contributed by atoms with Crippen molar-refractivity contribution in [3.05, 3.63) is 56.6 Å². The molecule has 0 aliphatic carbocycles. The first-order valence-corrected chi connectivity index (χ1v) is 11.8. The lowest BCUT2D eigenvalue weighted by atomic mass is 9.98. The Bertz CT molecular complexity index is 1230. The van der Waals surface area contributed by atoms with Crippen molar-refractivity contribution in [1.29, 1.82) is 0 Å². The van der Waals surface area contributed by atoms with Gasteiger partial charge in [-0.1, -0.05) is 0 Å². The van der Waals surface area contributed by atoms with E-state index in [-0.39, 0.29) is 22.3 Å². The van der Waals surface area contributed by atoms with Crippen molar-refractivity contribution in [1.82, 2.24) is 0 Å². The van der Waals surface area contributed by atoms with Crippen LogP contribution in [0.1, 0.15) is 54.1 Å². The zero-order chi connectivity index (χ0) is 24.0. The molecular weight excluding hydrogens is 448 g/mol. The average Bonchev–Trinajstić information content (AvgIpc) is 2.62. The van der Waals surface area contributed by atoms with Crippen LogP contribution in [0.3, 0.4) is 0 Å². The Hall–Kier alpha value is -2.60. The number of hydrogen-bond donors (Lipinski definition) is 2. The van der Waals surface area contributed by atoms with Gasteiger partial charge in [-0.15, -0.1) is 0 Å².